The van der Waals surface area contributed by atoms with Crippen LogP contribution in [0.2, 0.25) is 0 Å². The zero-order chi connectivity index (χ0) is 21.3. The molecule has 0 aliphatic heterocycles. The Hall–Kier alpha value is -2.66. The molecule has 5 heteroatoms. The Kier molecular flexibility index (Phi) is 8.03. The third-order valence-corrected chi connectivity index (χ3v) is 5.12. The summed E-state index contributed by atoms with van der Waals surface area (Å²) in [5.41, 5.74) is 4.49. The molecule has 30 heavy (non-hydrogen) atoms. The van der Waals surface area contributed by atoms with E-state index in [1.807, 2.05) is 44.2 Å². The first-order valence-electron chi connectivity index (χ1n) is 10.2. The summed E-state index contributed by atoms with van der Waals surface area (Å²) in [6.45, 7) is 8.43. The lowest BCUT2D eigenvalue weighted by Crippen LogP contribution is -2.04. The van der Waals surface area contributed by atoms with Crippen LogP contribution in [-0.4, -0.2) is 13.2 Å². The van der Waals surface area contributed by atoms with Crippen molar-refractivity contribution in [3.63, 3.8) is 0 Å². The van der Waals surface area contributed by atoms with Crippen LogP contribution in [0.15, 0.2) is 65.1 Å². The van der Waals surface area contributed by atoms with Crippen molar-refractivity contribution in [1.29, 1.82) is 0 Å². The standard InChI is InChI=1S/C25H28BrNO3/c1-4-28-22-12-10-21(11-13-22)27-16-20-14-23(26)25(24(15-20)29-5-2)30-17-19-8-6-18(3)7-9-19/h6-15,27H,4-5,16-17H2,1-3H3. The minimum absolute atomic E-state index is 0.489. The molecule has 0 saturated carbocycles. The lowest BCUT2D eigenvalue weighted by Gasteiger charge is -2.16. The van der Waals surface area contributed by atoms with E-state index in [0.29, 0.717) is 26.4 Å². The largest absolute Gasteiger partial charge is 0.494 e. The fourth-order valence-electron chi connectivity index (χ4n) is 3.01. The summed E-state index contributed by atoms with van der Waals surface area (Å²) in [4.78, 5) is 0. The second-order valence-electron chi connectivity index (χ2n) is 6.92. The lowest BCUT2D eigenvalue weighted by atomic mass is 10.1. The Morgan fingerprint density at radius 2 is 1.50 bits per heavy atom. The number of halogens is 1. The smallest absolute Gasteiger partial charge is 0.175 e. The zero-order valence-corrected chi connectivity index (χ0v) is 19.3. The van der Waals surface area contributed by atoms with Crippen LogP contribution in [0, 0.1) is 6.92 Å². The van der Waals surface area contributed by atoms with Gasteiger partial charge in [0.25, 0.3) is 0 Å². The van der Waals surface area contributed by atoms with E-state index >= 15 is 0 Å². The van der Waals surface area contributed by atoms with Crippen molar-refractivity contribution >= 4 is 21.6 Å². The summed E-state index contributed by atoms with van der Waals surface area (Å²) in [6.07, 6.45) is 0. The number of benzene rings is 3. The van der Waals surface area contributed by atoms with E-state index in [4.69, 9.17) is 14.2 Å². The van der Waals surface area contributed by atoms with E-state index in [1.165, 1.54) is 5.56 Å². The van der Waals surface area contributed by atoms with Gasteiger partial charge >= 0.3 is 0 Å². The average Bonchev–Trinajstić information content (AvgIpc) is 2.74. The van der Waals surface area contributed by atoms with Crippen LogP contribution in [0.25, 0.3) is 0 Å². The molecule has 0 amide bonds. The molecule has 3 rings (SSSR count). The lowest BCUT2D eigenvalue weighted by molar-refractivity contribution is 0.267. The van der Waals surface area contributed by atoms with Crippen LogP contribution in [0.1, 0.15) is 30.5 Å². The fourth-order valence-corrected chi connectivity index (χ4v) is 3.61. The Bertz CT molecular complexity index is 940. The first-order valence-corrected chi connectivity index (χ1v) is 11.0. The number of hydrogen-bond acceptors (Lipinski definition) is 4. The zero-order valence-electron chi connectivity index (χ0n) is 17.7. The van der Waals surface area contributed by atoms with Crippen molar-refractivity contribution in [1.82, 2.24) is 0 Å². The molecule has 0 fully saturated rings. The number of aryl methyl sites for hydroxylation is 1. The van der Waals surface area contributed by atoms with Gasteiger partial charge in [-0.15, -0.1) is 0 Å². The van der Waals surface area contributed by atoms with E-state index in [1.54, 1.807) is 0 Å². The third-order valence-electron chi connectivity index (χ3n) is 4.53. The van der Waals surface area contributed by atoms with Gasteiger partial charge in [0, 0.05) is 12.2 Å². The summed E-state index contributed by atoms with van der Waals surface area (Å²) in [6, 6.07) is 20.4. The quantitative estimate of drug-likeness (QED) is 0.356. The minimum atomic E-state index is 0.489. The number of anilines is 1. The molecule has 0 bridgehead atoms. The summed E-state index contributed by atoms with van der Waals surface area (Å²) >= 11 is 3.66. The van der Waals surface area contributed by atoms with Crippen LogP contribution in [0.4, 0.5) is 5.69 Å². The maximum atomic E-state index is 6.09. The maximum absolute atomic E-state index is 6.09. The topological polar surface area (TPSA) is 39.7 Å². The summed E-state index contributed by atoms with van der Waals surface area (Å²) in [7, 11) is 0. The summed E-state index contributed by atoms with van der Waals surface area (Å²) < 4.78 is 18.3. The molecular formula is C25H28BrNO3. The molecule has 0 radical (unpaired) electrons. The molecule has 158 valence electrons. The van der Waals surface area contributed by atoms with Gasteiger partial charge in [0.1, 0.15) is 12.4 Å². The predicted octanol–water partition coefficient (Wildman–Crippen LogP) is 6.75. The van der Waals surface area contributed by atoms with Crippen molar-refractivity contribution in [2.45, 2.75) is 33.9 Å². The van der Waals surface area contributed by atoms with Gasteiger partial charge in [-0.3, -0.25) is 0 Å². The molecule has 0 heterocycles. The molecule has 0 atom stereocenters. The predicted molar refractivity (Wildman–Crippen MR) is 126 cm³/mol. The van der Waals surface area contributed by atoms with E-state index in [-0.39, 0.29) is 0 Å². The highest BCUT2D eigenvalue weighted by atomic mass is 79.9. The maximum Gasteiger partial charge on any atom is 0.175 e. The average molecular weight is 470 g/mol. The Labute approximate surface area is 187 Å². The molecular weight excluding hydrogens is 442 g/mol. The Balaban J connectivity index is 1.69. The molecule has 0 aliphatic rings. The van der Waals surface area contributed by atoms with Crippen molar-refractivity contribution in [3.05, 3.63) is 81.8 Å². The molecule has 0 saturated heterocycles. The van der Waals surface area contributed by atoms with Crippen LogP contribution in [-0.2, 0) is 13.2 Å². The van der Waals surface area contributed by atoms with Crippen LogP contribution < -0.4 is 19.5 Å². The van der Waals surface area contributed by atoms with Crippen molar-refractivity contribution in [2.75, 3.05) is 18.5 Å². The number of hydrogen-bond donors (Lipinski definition) is 1. The van der Waals surface area contributed by atoms with Crippen molar-refractivity contribution < 1.29 is 14.2 Å². The first kappa shape index (κ1) is 22.0. The Morgan fingerprint density at radius 3 is 2.17 bits per heavy atom. The highest BCUT2D eigenvalue weighted by Gasteiger charge is 2.13. The molecule has 3 aromatic carbocycles. The molecule has 0 unspecified atom stereocenters. The molecule has 4 nitrogen and oxygen atoms in total. The minimum Gasteiger partial charge on any atom is -0.494 e. The molecule has 1 N–H and O–H groups in total. The number of rotatable bonds is 10. The van der Waals surface area contributed by atoms with Crippen molar-refractivity contribution in [2.24, 2.45) is 0 Å². The van der Waals surface area contributed by atoms with E-state index in [9.17, 15) is 0 Å². The van der Waals surface area contributed by atoms with Crippen LogP contribution >= 0.6 is 15.9 Å². The fraction of sp³-hybridized carbons (Fsp3) is 0.280. The number of nitrogens with one attached hydrogen (secondary N) is 1. The van der Waals surface area contributed by atoms with E-state index in [2.05, 4.69) is 58.5 Å². The number of ether oxygens (including phenoxy) is 3. The monoisotopic (exact) mass is 469 g/mol. The van der Waals surface area contributed by atoms with Gasteiger partial charge in [-0.05, 0) is 84.2 Å². The third kappa shape index (κ3) is 6.17. The van der Waals surface area contributed by atoms with Gasteiger partial charge in [-0.2, -0.15) is 0 Å². The van der Waals surface area contributed by atoms with Crippen LogP contribution in [0.5, 0.6) is 17.2 Å². The van der Waals surface area contributed by atoms with Gasteiger partial charge in [-0.25, -0.2) is 0 Å². The second-order valence-corrected chi connectivity index (χ2v) is 7.78. The van der Waals surface area contributed by atoms with Gasteiger partial charge in [0.2, 0.25) is 0 Å². The van der Waals surface area contributed by atoms with Gasteiger partial charge < -0.3 is 19.5 Å². The van der Waals surface area contributed by atoms with Gasteiger partial charge in [-0.1, -0.05) is 29.8 Å². The molecule has 0 aliphatic carbocycles. The van der Waals surface area contributed by atoms with Crippen LogP contribution in [0.3, 0.4) is 0 Å². The van der Waals surface area contributed by atoms with E-state index in [0.717, 1.165) is 38.5 Å². The highest BCUT2D eigenvalue weighted by molar-refractivity contribution is 9.10. The molecule has 0 spiro atoms. The SMILES string of the molecule is CCOc1ccc(NCc2cc(Br)c(OCc3ccc(C)cc3)c(OCC)c2)cc1. The Morgan fingerprint density at radius 1 is 0.800 bits per heavy atom. The van der Waals surface area contributed by atoms with Gasteiger partial charge in [0.05, 0.1) is 17.7 Å². The van der Waals surface area contributed by atoms with E-state index < -0.39 is 0 Å². The first-order chi connectivity index (χ1) is 14.6. The van der Waals surface area contributed by atoms with Crippen molar-refractivity contribution in [3.8, 4) is 17.2 Å². The second kappa shape index (κ2) is 10.9. The molecule has 3 aromatic rings. The summed E-state index contributed by atoms with van der Waals surface area (Å²) in [5, 5.41) is 3.44. The molecule has 0 aromatic heterocycles. The van der Waals surface area contributed by atoms with Gasteiger partial charge in [0.15, 0.2) is 11.5 Å². The highest BCUT2D eigenvalue weighted by Crippen LogP contribution is 2.37. The summed E-state index contributed by atoms with van der Waals surface area (Å²) in [5.74, 6) is 2.34. The normalized spacial score (nSPS) is 10.5.